The van der Waals surface area contributed by atoms with Crippen LogP contribution in [-0.2, 0) is 0 Å². The summed E-state index contributed by atoms with van der Waals surface area (Å²) in [6.07, 6.45) is 2.11. The van der Waals surface area contributed by atoms with Crippen LogP contribution >= 0.6 is 12.4 Å². The van der Waals surface area contributed by atoms with Gasteiger partial charge in [-0.05, 0) is 61.6 Å². The van der Waals surface area contributed by atoms with E-state index < -0.39 is 0 Å². The molecule has 2 aromatic rings. The number of hydrogen-bond acceptors (Lipinski definition) is 3. The van der Waals surface area contributed by atoms with Gasteiger partial charge in [-0.15, -0.1) is 12.4 Å². The summed E-state index contributed by atoms with van der Waals surface area (Å²) in [4.78, 5) is 27.0. The fraction of sp³-hybridized carbons (Fsp3) is 0.333. The number of hydrogen-bond donors (Lipinski definition) is 2. The van der Waals surface area contributed by atoms with E-state index in [1.54, 1.807) is 36.4 Å². The number of rotatable bonds is 3. The SMILES string of the molecule is Cc1cc(C(=O)N2CCC(C)CC2)ccc1NC(=O)c1ccccc1N.Cl. The Hall–Kier alpha value is -2.53. The highest BCUT2D eigenvalue weighted by molar-refractivity contribution is 6.08. The lowest BCUT2D eigenvalue weighted by Gasteiger charge is -2.30. The van der Waals surface area contributed by atoms with Crippen LogP contribution in [-0.4, -0.2) is 29.8 Å². The summed E-state index contributed by atoms with van der Waals surface area (Å²) in [6.45, 7) is 5.73. The highest BCUT2D eigenvalue weighted by atomic mass is 35.5. The number of benzene rings is 2. The highest BCUT2D eigenvalue weighted by Gasteiger charge is 2.22. The highest BCUT2D eigenvalue weighted by Crippen LogP contribution is 2.22. The van der Waals surface area contributed by atoms with Crippen LogP contribution in [0.25, 0.3) is 0 Å². The molecule has 2 aromatic carbocycles. The third kappa shape index (κ3) is 4.80. The maximum Gasteiger partial charge on any atom is 0.257 e. The minimum atomic E-state index is -0.254. The fourth-order valence-electron chi connectivity index (χ4n) is 3.22. The first-order valence-corrected chi connectivity index (χ1v) is 9.01. The van der Waals surface area contributed by atoms with Gasteiger partial charge in [-0.2, -0.15) is 0 Å². The first kappa shape index (κ1) is 20.8. The lowest BCUT2D eigenvalue weighted by molar-refractivity contribution is 0.0697. The molecule has 0 atom stereocenters. The number of aryl methyl sites for hydroxylation is 1. The Morgan fingerprint density at radius 1 is 1.11 bits per heavy atom. The van der Waals surface area contributed by atoms with Crippen molar-refractivity contribution in [3.8, 4) is 0 Å². The number of nitrogens with one attached hydrogen (secondary N) is 1. The Morgan fingerprint density at radius 3 is 2.41 bits per heavy atom. The summed E-state index contributed by atoms with van der Waals surface area (Å²) in [6, 6.07) is 12.4. The van der Waals surface area contributed by atoms with Crippen molar-refractivity contribution in [3.63, 3.8) is 0 Å². The minimum Gasteiger partial charge on any atom is -0.398 e. The molecule has 0 aromatic heterocycles. The molecule has 1 aliphatic rings. The van der Waals surface area contributed by atoms with E-state index in [1.165, 1.54) is 0 Å². The number of piperidine rings is 1. The second-order valence-corrected chi connectivity index (χ2v) is 7.05. The van der Waals surface area contributed by atoms with E-state index in [1.807, 2.05) is 17.9 Å². The van der Waals surface area contributed by atoms with E-state index in [2.05, 4.69) is 12.2 Å². The van der Waals surface area contributed by atoms with Gasteiger partial charge in [-0.1, -0.05) is 19.1 Å². The molecule has 2 amide bonds. The Bertz CT molecular complexity index is 830. The van der Waals surface area contributed by atoms with E-state index in [-0.39, 0.29) is 24.2 Å². The largest absolute Gasteiger partial charge is 0.398 e. The van der Waals surface area contributed by atoms with Crippen LogP contribution in [0.2, 0.25) is 0 Å². The van der Waals surface area contributed by atoms with Crippen LogP contribution in [0.3, 0.4) is 0 Å². The van der Waals surface area contributed by atoms with Gasteiger partial charge in [0.05, 0.1) is 5.56 Å². The Balaban J connectivity index is 0.00000261. The lowest BCUT2D eigenvalue weighted by Crippen LogP contribution is -2.37. The molecule has 1 aliphatic heterocycles. The molecule has 0 bridgehead atoms. The molecule has 3 N–H and O–H groups in total. The average Bonchev–Trinajstić information content (AvgIpc) is 2.63. The zero-order valence-electron chi connectivity index (χ0n) is 15.7. The molecule has 6 heteroatoms. The number of anilines is 2. The predicted octanol–water partition coefficient (Wildman–Crippen LogP) is 4.12. The van der Waals surface area contributed by atoms with Crippen molar-refractivity contribution in [3.05, 3.63) is 59.2 Å². The first-order chi connectivity index (χ1) is 12.5. The third-order valence-electron chi connectivity index (χ3n) is 5.00. The molecule has 1 heterocycles. The maximum atomic E-state index is 12.7. The van der Waals surface area contributed by atoms with Gasteiger partial charge in [0, 0.05) is 30.0 Å². The molecule has 0 unspecified atom stereocenters. The number of nitrogen functional groups attached to an aromatic ring is 1. The standard InChI is InChI=1S/C21H25N3O2.ClH/c1-14-9-11-24(12-10-14)21(26)16-7-8-19(15(2)13-16)23-20(25)17-5-3-4-6-18(17)22;/h3-8,13-14H,9-12,22H2,1-2H3,(H,23,25);1H. The quantitative estimate of drug-likeness (QED) is 0.777. The monoisotopic (exact) mass is 387 g/mol. The van der Waals surface area contributed by atoms with Gasteiger partial charge in [0.2, 0.25) is 0 Å². The maximum absolute atomic E-state index is 12.7. The van der Waals surface area contributed by atoms with Gasteiger partial charge in [0.25, 0.3) is 11.8 Å². The molecule has 0 radical (unpaired) electrons. The van der Waals surface area contributed by atoms with Crippen molar-refractivity contribution >= 4 is 35.6 Å². The van der Waals surface area contributed by atoms with E-state index in [9.17, 15) is 9.59 Å². The van der Waals surface area contributed by atoms with Crippen LogP contribution in [0, 0.1) is 12.8 Å². The second-order valence-electron chi connectivity index (χ2n) is 7.05. The van der Waals surface area contributed by atoms with Gasteiger partial charge in [-0.3, -0.25) is 9.59 Å². The Kier molecular flexibility index (Phi) is 6.86. The molecule has 1 fully saturated rings. The number of nitrogens with two attached hydrogens (primary N) is 1. The van der Waals surface area contributed by atoms with E-state index in [0.29, 0.717) is 28.4 Å². The summed E-state index contributed by atoms with van der Waals surface area (Å²) < 4.78 is 0. The molecular weight excluding hydrogens is 362 g/mol. The van der Waals surface area contributed by atoms with Gasteiger partial charge in [-0.25, -0.2) is 0 Å². The van der Waals surface area contributed by atoms with Crippen LogP contribution in [0.4, 0.5) is 11.4 Å². The van der Waals surface area contributed by atoms with Crippen molar-refractivity contribution in [1.82, 2.24) is 4.90 Å². The van der Waals surface area contributed by atoms with Crippen molar-refractivity contribution in [2.75, 3.05) is 24.1 Å². The van der Waals surface area contributed by atoms with Gasteiger partial charge >= 0.3 is 0 Å². The zero-order valence-corrected chi connectivity index (χ0v) is 16.5. The van der Waals surface area contributed by atoms with E-state index >= 15 is 0 Å². The molecule has 0 aliphatic carbocycles. The summed E-state index contributed by atoms with van der Waals surface area (Å²) in [5.41, 5.74) is 8.93. The molecule has 5 nitrogen and oxygen atoms in total. The zero-order chi connectivity index (χ0) is 18.7. The molecule has 0 saturated carbocycles. The first-order valence-electron chi connectivity index (χ1n) is 9.01. The second kappa shape index (κ2) is 8.91. The predicted molar refractivity (Wildman–Crippen MR) is 112 cm³/mol. The smallest absolute Gasteiger partial charge is 0.257 e. The van der Waals surface area contributed by atoms with Crippen molar-refractivity contribution in [2.24, 2.45) is 5.92 Å². The summed E-state index contributed by atoms with van der Waals surface area (Å²) in [5, 5.41) is 2.87. The molecule has 144 valence electrons. The van der Waals surface area contributed by atoms with Gasteiger partial charge in [0.15, 0.2) is 0 Å². The van der Waals surface area contributed by atoms with Gasteiger partial charge < -0.3 is 16.0 Å². The summed E-state index contributed by atoms with van der Waals surface area (Å²) in [5.74, 6) is 0.490. The summed E-state index contributed by atoms with van der Waals surface area (Å²) >= 11 is 0. The lowest BCUT2D eigenvalue weighted by atomic mass is 9.98. The molecule has 0 spiro atoms. The van der Waals surface area contributed by atoms with Crippen molar-refractivity contribution in [1.29, 1.82) is 0 Å². The average molecular weight is 388 g/mol. The van der Waals surface area contributed by atoms with E-state index in [4.69, 9.17) is 5.73 Å². The van der Waals surface area contributed by atoms with Gasteiger partial charge in [0.1, 0.15) is 0 Å². The summed E-state index contributed by atoms with van der Waals surface area (Å²) in [7, 11) is 0. The van der Waals surface area contributed by atoms with Crippen molar-refractivity contribution < 1.29 is 9.59 Å². The fourth-order valence-corrected chi connectivity index (χ4v) is 3.22. The Morgan fingerprint density at radius 2 is 1.78 bits per heavy atom. The molecule has 3 rings (SSSR count). The van der Waals surface area contributed by atoms with Crippen LogP contribution < -0.4 is 11.1 Å². The molecule has 1 saturated heterocycles. The normalized spacial score (nSPS) is 14.4. The van der Waals surface area contributed by atoms with Crippen LogP contribution in [0.15, 0.2) is 42.5 Å². The van der Waals surface area contributed by atoms with Crippen LogP contribution in [0.5, 0.6) is 0 Å². The number of nitrogens with zero attached hydrogens (tertiary/aromatic N) is 1. The third-order valence-corrected chi connectivity index (χ3v) is 5.00. The minimum absolute atomic E-state index is 0. The number of amides is 2. The number of para-hydroxylation sites is 1. The van der Waals surface area contributed by atoms with Crippen LogP contribution in [0.1, 0.15) is 46.0 Å². The topological polar surface area (TPSA) is 75.4 Å². The van der Waals surface area contributed by atoms with Crippen molar-refractivity contribution in [2.45, 2.75) is 26.7 Å². The Labute approximate surface area is 166 Å². The molecule has 27 heavy (non-hydrogen) atoms. The molecular formula is C21H26ClN3O2. The number of halogens is 1. The number of carbonyl (C=O) groups is 2. The number of likely N-dealkylation sites (tertiary alicyclic amines) is 1. The van der Waals surface area contributed by atoms with E-state index in [0.717, 1.165) is 31.5 Å². The number of carbonyl (C=O) groups excluding carboxylic acids is 2.